The van der Waals surface area contributed by atoms with Gasteiger partial charge in [-0.05, 0) is 18.4 Å². The van der Waals surface area contributed by atoms with Gasteiger partial charge in [0.1, 0.15) is 0 Å². The van der Waals surface area contributed by atoms with Crippen molar-refractivity contribution in [1.29, 1.82) is 0 Å². The van der Waals surface area contributed by atoms with Crippen molar-refractivity contribution in [3.63, 3.8) is 0 Å². The average Bonchev–Trinajstić information content (AvgIpc) is 2.48. The first-order chi connectivity index (χ1) is 10.5. The molecule has 1 fully saturated rings. The smallest absolute Gasteiger partial charge is 0.305 e. The molecule has 0 spiro atoms. The van der Waals surface area contributed by atoms with E-state index in [4.69, 9.17) is 10.8 Å². The Kier molecular flexibility index (Phi) is 5.46. The van der Waals surface area contributed by atoms with Gasteiger partial charge in [0.05, 0.1) is 11.3 Å². The second-order valence-electron chi connectivity index (χ2n) is 5.72. The number of nitrogens with two attached hydrogens (primary N) is 1. The third-order valence-electron chi connectivity index (χ3n) is 4.12. The van der Waals surface area contributed by atoms with Crippen LogP contribution in [0.2, 0.25) is 0 Å². The number of nitro groups is 1. The van der Waals surface area contributed by atoms with Crippen molar-refractivity contribution in [2.45, 2.75) is 50.2 Å². The Balaban J connectivity index is 2.14. The van der Waals surface area contributed by atoms with Crippen LogP contribution in [-0.2, 0) is 4.79 Å². The molecule has 1 aliphatic carbocycles. The fourth-order valence-electron chi connectivity index (χ4n) is 2.90. The molecule has 0 bridgehead atoms. The summed E-state index contributed by atoms with van der Waals surface area (Å²) in [6, 6.07) is 5.70. The van der Waals surface area contributed by atoms with Crippen molar-refractivity contribution < 1.29 is 14.8 Å². The Hall–Kier alpha value is -1.99. The molecule has 0 aliphatic heterocycles. The normalized spacial score (nSPS) is 23.0. The van der Waals surface area contributed by atoms with Gasteiger partial charge in [-0.2, -0.15) is 0 Å². The molecule has 7 nitrogen and oxygen atoms in total. The fraction of sp³-hybridized carbons (Fsp3) is 0.533. The molecule has 0 radical (unpaired) electrons. The number of carbonyl (C=O) groups is 1. The highest BCUT2D eigenvalue weighted by atomic mass is 16.6. The first-order valence-corrected chi connectivity index (χ1v) is 7.45. The zero-order chi connectivity index (χ0) is 16.1. The summed E-state index contributed by atoms with van der Waals surface area (Å²) in [5.74, 6) is -0.916. The standard InChI is InChI=1S/C15H21N3O4/c16-12-3-1-2-4-13(12)17-14(9-15(19)20)10-5-7-11(8-6-10)18(21)22/h5-8,12-14,17H,1-4,9,16H2,(H,19,20). The van der Waals surface area contributed by atoms with E-state index in [0.29, 0.717) is 0 Å². The van der Waals surface area contributed by atoms with Crippen molar-refractivity contribution in [3.8, 4) is 0 Å². The maximum Gasteiger partial charge on any atom is 0.305 e. The van der Waals surface area contributed by atoms with E-state index in [-0.39, 0.29) is 24.2 Å². The van der Waals surface area contributed by atoms with E-state index in [2.05, 4.69) is 5.32 Å². The second-order valence-corrected chi connectivity index (χ2v) is 5.72. The molecule has 0 saturated heterocycles. The highest BCUT2D eigenvalue weighted by Gasteiger charge is 2.26. The first kappa shape index (κ1) is 16.4. The molecule has 0 amide bonds. The van der Waals surface area contributed by atoms with E-state index in [1.807, 2.05) is 0 Å². The van der Waals surface area contributed by atoms with Gasteiger partial charge >= 0.3 is 5.97 Å². The summed E-state index contributed by atoms with van der Waals surface area (Å²) < 4.78 is 0. The van der Waals surface area contributed by atoms with E-state index in [1.54, 1.807) is 12.1 Å². The lowest BCUT2D eigenvalue weighted by molar-refractivity contribution is -0.384. The minimum absolute atomic E-state index is 0.00723. The second kappa shape index (κ2) is 7.33. The number of carboxylic acid groups (broad SMARTS) is 1. The maximum atomic E-state index is 11.1. The van der Waals surface area contributed by atoms with Crippen molar-refractivity contribution in [3.05, 3.63) is 39.9 Å². The van der Waals surface area contributed by atoms with Crippen LogP contribution in [0.1, 0.15) is 43.7 Å². The summed E-state index contributed by atoms with van der Waals surface area (Å²) in [7, 11) is 0. The molecule has 1 aromatic carbocycles. The molecule has 4 N–H and O–H groups in total. The maximum absolute atomic E-state index is 11.1. The van der Waals surface area contributed by atoms with Crippen LogP contribution in [0.3, 0.4) is 0 Å². The lowest BCUT2D eigenvalue weighted by atomic mass is 9.89. The summed E-state index contributed by atoms with van der Waals surface area (Å²) in [5.41, 5.74) is 6.82. The van der Waals surface area contributed by atoms with Crippen molar-refractivity contribution in [1.82, 2.24) is 5.32 Å². The molecule has 7 heteroatoms. The SMILES string of the molecule is NC1CCCCC1NC(CC(=O)O)c1ccc([N+](=O)[O-])cc1. The van der Waals surface area contributed by atoms with Gasteiger partial charge in [0.15, 0.2) is 0 Å². The number of rotatable bonds is 6. The molecule has 0 aromatic heterocycles. The Bertz CT molecular complexity index is 532. The van der Waals surface area contributed by atoms with Crippen molar-refractivity contribution >= 4 is 11.7 Å². The number of hydrogen-bond donors (Lipinski definition) is 3. The van der Waals surface area contributed by atoms with Crippen molar-refractivity contribution in [2.24, 2.45) is 5.73 Å². The van der Waals surface area contributed by atoms with Crippen LogP contribution in [0.4, 0.5) is 5.69 Å². The van der Waals surface area contributed by atoms with Crippen LogP contribution in [0.25, 0.3) is 0 Å². The molecule has 1 aromatic rings. The van der Waals surface area contributed by atoms with Gasteiger partial charge in [-0.25, -0.2) is 0 Å². The van der Waals surface area contributed by atoms with Crippen LogP contribution < -0.4 is 11.1 Å². The summed E-state index contributed by atoms with van der Waals surface area (Å²) in [6.07, 6.45) is 3.94. The lowest BCUT2D eigenvalue weighted by Gasteiger charge is -2.33. The number of nitro benzene ring substituents is 1. The molecule has 120 valence electrons. The van der Waals surface area contributed by atoms with Gasteiger partial charge < -0.3 is 16.2 Å². The molecule has 3 atom stereocenters. The number of nitrogens with zero attached hydrogens (tertiary/aromatic N) is 1. The zero-order valence-electron chi connectivity index (χ0n) is 12.3. The van der Waals surface area contributed by atoms with E-state index < -0.39 is 16.9 Å². The highest BCUT2D eigenvalue weighted by Crippen LogP contribution is 2.24. The molecular formula is C15H21N3O4. The Morgan fingerprint density at radius 3 is 2.55 bits per heavy atom. The summed E-state index contributed by atoms with van der Waals surface area (Å²) in [6.45, 7) is 0. The van der Waals surface area contributed by atoms with E-state index in [1.165, 1.54) is 12.1 Å². The molecule has 2 rings (SSSR count). The van der Waals surface area contributed by atoms with Crippen LogP contribution in [0.15, 0.2) is 24.3 Å². The summed E-state index contributed by atoms with van der Waals surface area (Å²) >= 11 is 0. The third kappa shape index (κ3) is 4.25. The minimum Gasteiger partial charge on any atom is -0.481 e. The number of aliphatic carboxylic acids is 1. The van der Waals surface area contributed by atoms with E-state index in [0.717, 1.165) is 31.2 Å². The van der Waals surface area contributed by atoms with Crippen LogP contribution in [0.5, 0.6) is 0 Å². The Morgan fingerprint density at radius 2 is 2.00 bits per heavy atom. The quantitative estimate of drug-likeness (QED) is 0.546. The predicted octanol–water partition coefficient (Wildman–Crippen LogP) is 1.97. The first-order valence-electron chi connectivity index (χ1n) is 7.45. The molecule has 3 unspecified atom stereocenters. The number of non-ortho nitro benzene ring substituents is 1. The predicted molar refractivity (Wildman–Crippen MR) is 81.5 cm³/mol. The summed E-state index contributed by atoms with van der Waals surface area (Å²) in [4.78, 5) is 21.3. The molecule has 1 aliphatic rings. The van der Waals surface area contributed by atoms with Crippen LogP contribution in [-0.4, -0.2) is 28.1 Å². The zero-order valence-corrected chi connectivity index (χ0v) is 12.3. The topological polar surface area (TPSA) is 118 Å². The number of hydrogen-bond acceptors (Lipinski definition) is 5. The van der Waals surface area contributed by atoms with Gasteiger partial charge in [-0.3, -0.25) is 14.9 Å². The third-order valence-corrected chi connectivity index (χ3v) is 4.12. The lowest BCUT2D eigenvalue weighted by Crippen LogP contribution is -2.48. The monoisotopic (exact) mass is 307 g/mol. The van der Waals surface area contributed by atoms with E-state index in [9.17, 15) is 14.9 Å². The largest absolute Gasteiger partial charge is 0.481 e. The fourth-order valence-corrected chi connectivity index (χ4v) is 2.90. The van der Waals surface area contributed by atoms with Gasteiger partial charge in [0, 0.05) is 30.3 Å². The molecular weight excluding hydrogens is 286 g/mol. The molecule has 0 heterocycles. The van der Waals surface area contributed by atoms with E-state index >= 15 is 0 Å². The van der Waals surface area contributed by atoms with Crippen molar-refractivity contribution in [2.75, 3.05) is 0 Å². The van der Waals surface area contributed by atoms with Gasteiger partial charge in [0.25, 0.3) is 5.69 Å². The minimum atomic E-state index is -0.916. The number of nitrogens with one attached hydrogen (secondary N) is 1. The molecule has 1 saturated carbocycles. The van der Waals surface area contributed by atoms with Gasteiger partial charge in [-0.15, -0.1) is 0 Å². The Morgan fingerprint density at radius 1 is 1.36 bits per heavy atom. The summed E-state index contributed by atoms with van der Waals surface area (Å²) in [5, 5.41) is 23.1. The van der Waals surface area contributed by atoms with Crippen LogP contribution >= 0.6 is 0 Å². The van der Waals surface area contributed by atoms with Crippen LogP contribution in [0, 0.1) is 10.1 Å². The highest BCUT2D eigenvalue weighted by molar-refractivity contribution is 5.68. The Labute approximate surface area is 128 Å². The number of benzene rings is 1. The average molecular weight is 307 g/mol. The number of carboxylic acids is 1. The van der Waals surface area contributed by atoms with Gasteiger partial charge in [0.2, 0.25) is 0 Å². The van der Waals surface area contributed by atoms with Gasteiger partial charge in [-0.1, -0.05) is 25.0 Å². The molecule has 22 heavy (non-hydrogen) atoms.